The Bertz CT molecular complexity index is 535. The number of urea groups is 1. The molecule has 0 aromatic heterocycles. The lowest BCUT2D eigenvalue weighted by molar-refractivity contribution is -0.142. The second-order valence-corrected chi connectivity index (χ2v) is 5.13. The summed E-state index contributed by atoms with van der Waals surface area (Å²) in [6.45, 7) is 2.05. The molecular weight excluding hydrogens is 275 g/mol. The summed E-state index contributed by atoms with van der Waals surface area (Å²) < 4.78 is 13.8. The molecule has 0 aliphatic heterocycles. The van der Waals surface area contributed by atoms with Crippen LogP contribution in [-0.4, -0.2) is 29.7 Å². The normalized spacial score (nSPS) is 21.0. The summed E-state index contributed by atoms with van der Waals surface area (Å²) in [6.07, 6.45) is 1.97. The number of carbonyl (C=O) groups excluding carboxylic acids is 1. The molecule has 2 amide bonds. The summed E-state index contributed by atoms with van der Waals surface area (Å²) in [5, 5.41) is 11.9. The van der Waals surface area contributed by atoms with E-state index in [-0.39, 0.29) is 5.69 Å². The maximum absolute atomic E-state index is 13.8. The number of amides is 2. The second kappa shape index (κ2) is 6.56. The zero-order valence-electron chi connectivity index (χ0n) is 11.9. The molecule has 2 unspecified atom stereocenters. The summed E-state index contributed by atoms with van der Waals surface area (Å²) >= 11 is 0. The van der Waals surface area contributed by atoms with Gasteiger partial charge in [0.05, 0.1) is 11.6 Å². The minimum Gasteiger partial charge on any atom is -0.481 e. The third-order valence-corrected chi connectivity index (χ3v) is 3.85. The number of hydrogen-bond acceptors (Lipinski definition) is 2. The first kappa shape index (κ1) is 15.3. The van der Waals surface area contributed by atoms with Crippen LogP contribution in [0.15, 0.2) is 24.3 Å². The molecule has 2 rings (SSSR count). The first-order chi connectivity index (χ1) is 10.0. The van der Waals surface area contributed by atoms with Crippen LogP contribution in [-0.2, 0) is 4.79 Å². The van der Waals surface area contributed by atoms with Crippen molar-refractivity contribution in [1.29, 1.82) is 0 Å². The molecule has 5 nitrogen and oxygen atoms in total. The molecule has 1 aliphatic rings. The Balaban J connectivity index is 2.11. The fraction of sp³-hybridized carbons (Fsp3) is 0.467. The highest BCUT2D eigenvalue weighted by Gasteiger charge is 2.34. The van der Waals surface area contributed by atoms with Crippen molar-refractivity contribution in [3.63, 3.8) is 0 Å². The van der Waals surface area contributed by atoms with E-state index in [1.54, 1.807) is 19.1 Å². The predicted molar refractivity (Wildman–Crippen MR) is 76.7 cm³/mol. The van der Waals surface area contributed by atoms with E-state index in [4.69, 9.17) is 5.11 Å². The van der Waals surface area contributed by atoms with Gasteiger partial charge in [-0.25, -0.2) is 9.18 Å². The molecule has 0 spiro atoms. The van der Waals surface area contributed by atoms with Crippen LogP contribution in [0.4, 0.5) is 14.9 Å². The number of carbonyl (C=O) groups is 2. The number of carboxylic acid groups (broad SMARTS) is 1. The molecule has 1 fully saturated rings. The van der Waals surface area contributed by atoms with Crippen molar-refractivity contribution in [2.75, 3.05) is 11.4 Å². The Kier molecular flexibility index (Phi) is 4.77. The topological polar surface area (TPSA) is 69.6 Å². The van der Waals surface area contributed by atoms with Crippen LogP contribution in [0.1, 0.15) is 26.2 Å². The van der Waals surface area contributed by atoms with Crippen LogP contribution < -0.4 is 10.2 Å². The zero-order chi connectivity index (χ0) is 15.4. The van der Waals surface area contributed by atoms with Gasteiger partial charge in [0.2, 0.25) is 0 Å². The van der Waals surface area contributed by atoms with Crippen molar-refractivity contribution < 1.29 is 19.1 Å². The number of rotatable bonds is 4. The van der Waals surface area contributed by atoms with E-state index in [0.717, 1.165) is 6.42 Å². The highest BCUT2D eigenvalue weighted by atomic mass is 19.1. The molecule has 1 aliphatic carbocycles. The van der Waals surface area contributed by atoms with Gasteiger partial charge in [-0.2, -0.15) is 0 Å². The monoisotopic (exact) mass is 294 g/mol. The largest absolute Gasteiger partial charge is 0.481 e. The molecule has 114 valence electrons. The lowest BCUT2D eigenvalue weighted by Crippen LogP contribution is -2.47. The lowest BCUT2D eigenvalue weighted by Gasteiger charge is -2.25. The molecule has 0 saturated heterocycles. The highest BCUT2D eigenvalue weighted by Crippen LogP contribution is 2.26. The number of nitrogens with zero attached hydrogens (tertiary/aromatic N) is 1. The second-order valence-electron chi connectivity index (χ2n) is 5.13. The third kappa shape index (κ3) is 3.32. The van der Waals surface area contributed by atoms with Gasteiger partial charge in [0.15, 0.2) is 0 Å². The predicted octanol–water partition coefficient (Wildman–Crippen LogP) is 2.61. The number of anilines is 1. The summed E-state index contributed by atoms with van der Waals surface area (Å²) in [5.74, 6) is -1.93. The van der Waals surface area contributed by atoms with Gasteiger partial charge in [0.25, 0.3) is 0 Å². The van der Waals surface area contributed by atoms with E-state index < -0.39 is 29.8 Å². The van der Waals surface area contributed by atoms with Gasteiger partial charge in [-0.3, -0.25) is 9.69 Å². The van der Waals surface area contributed by atoms with Crippen LogP contribution in [0.3, 0.4) is 0 Å². The molecule has 21 heavy (non-hydrogen) atoms. The minimum absolute atomic E-state index is 0.197. The van der Waals surface area contributed by atoms with Crippen LogP contribution in [0.25, 0.3) is 0 Å². The van der Waals surface area contributed by atoms with E-state index in [2.05, 4.69) is 5.32 Å². The number of nitrogens with one attached hydrogen (secondary N) is 1. The molecule has 6 heteroatoms. The maximum Gasteiger partial charge on any atom is 0.322 e. The maximum atomic E-state index is 13.8. The van der Waals surface area contributed by atoms with Crippen LogP contribution in [0.5, 0.6) is 0 Å². The number of hydrogen-bond donors (Lipinski definition) is 2. The Morgan fingerprint density at radius 3 is 2.71 bits per heavy atom. The van der Waals surface area contributed by atoms with E-state index in [1.807, 2.05) is 0 Å². The van der Waals surface area contributed by atoms with Gasteiger partial charge < -0.3 is 10.4 Å². The Morgan fingerprint density at radius 1 is 1.38 bits per heavy atom. The molecule has 0 heterocycles. The standard InChI is InChI=1S/C15H19FN2O3/c1-2-18(13-9-4-3-7-11(13)16)15(21)17-12-8-5-6-10(12)14(19)20/h3-4,7,9-10,12H,2,5-6,8H2,1H3,(H,17,21)(H,19,20). The van der Waals surface area contributed by atoms with E-state index in [1.165, 1.54) is 17.0 Å². The Morgan fingerprint density at radius 2 is 2.10 bits per heavy atom. The first-order valence-corrected chi connectivity index (χ1v) is 7.10. The average Bonchev–Trinajstić information content (AvgIpc) is 2.90. The summed E-state index contributed by atoms with van der Waals surface area (Å²) in [6, 6.07) is 5.19. The molecule has 1 aromatic carbocycles. The molecular formula is C15H19FN2O3. The first-order valence-electron chi connectivity index (χ1n) is 7.10. The van der Waals surface area contributed by atoms with Crippen LogP contribution >= 0.6 is 0 Å². The quantitative estimate of drug-likeness (QED) is 0.896. The number of carboxylic acids is 1. The molecule has 1 aromatic rings. The van der Waals surface area contributed by atoms with Crippen LogP contribution in [0, 0.1) is 11.7 Å². The summed E-state index contributed by atoms with van der Waals surface area (Å²) in [7, 11) is 0. The van der Waals surface area contributed by atoms with Crippen molar-refractivity contribution in [2.24, 2.45) is 5.92 Å². The molecule has 2 N–H and O–H groups in total. The van der Waals surface area contributed by atoms with Crippen molar-refractivity contribution in [1.82, 2.24) is 5.32 Å². The summed E-state index contributed by atoms with van der Waals surface area (Å²) in [4.78, 5) is 24.7. The minimum atomic E-state index is -0.897. The molecule has 1 saturated carbocycles. The highest BCUT2D eigenvalue weighted by molar-refractivity contribution is 5.92. The number of halogens is 1. The smallest absolute Gasteiger partial charge is 0.322 e. The van der Waals surface area contributed by atoms with Gasteiger partial charge in [0, 0.05) is 12.6 Å². The van der Waals surface area contributed by atoms with Crippen molar-refractivity contribution in [3.8, 4) is 0 Å². The van der Waals surface area contributed by atoms with Gasteiger partial charge in [-0.15, -0.1) is 0 Å². The van der Waals surface area contributed by atoms with Gasteiger partial charge in [-0.05, 0) is 31.9 Å². The number of para-hydroxylation sites is 1. The molecule has 0 bridgehead atoms. The Labute approximate surface area is 122 Å². The van der Waals surface area contributed by atoms with E-state index >= 15 is 0 Å². The molecule has 2 atom stereocenters. The van der Waals surface area contributed by atoms with Crippen molar-refractivity contribution in [3.05, 3.63) is 30.1 Å². The van der Waals surface area contributed by atoms with Gasteiger partial charge in [-0.1, -0.05) is 18.6 Å². The van der Waals surface area contributed by atoms with Crippen molar-refractivity contribution in [2.45, 2.75) is 32.2 Å². The van der Waals surface area contributed by atoms with Crippen molar-refractivity contribution >= 4 is 17.7 Å². The van der Waals surface area contributed by atoms with E-state index in [0.29, 0.717) is 19.4 Å². The van der Waals surface area contributed by atoms with Gasteiger partial charge in [0.1, 0.15) is 5.82 Å². The fourth-order valence-corrected chi connectivity index (χ4v) is 2.76. The third-order valence-electron chi connectivity index (χ3n) is 3.85. The van der Waals surface area contributed by atoms with E-state index in [9.17, 15) is 14.0 Å². The number of benzene rings is 1. The average molecular weight is 294 g/mol. The molecule has 0 radical (unpaired) electrons. The fourth-order valence-electron chi connectivity index (χ4n) is 2.76. The van der Waals surface area contributed by atoms with Crippen LogP contribution in [0.2, 0.25) is 0 Å². The SMILES string of the molecule is CCN(C(=O)NC1CCCC1C(=O)O)c1ccccc1F. The van der Waals surface area contributed by atoms with Gasteiger partial charge >= 0.3 is 12.0 Å². The zero-order valence-corrected chi connectivity index (χ0v) is 11.9. The lowest BCUT2D eigenvalue weighted by atomic mass is 10.0. The number of aliphatic carboxylic acids is 1. The Hall–Kier alpha value is -2.11. The summed E-state index contributed by atoms with van der Waals surface area (Å²) in [5.41, 5.74) is 0.197.